The van der Waals surface area contributed by atoms with Crippen LogP contribution in [0.5, 0.6) is 11.5 Å². The van der Waals surface area contributed by atoms with Crippen molar-refractivity contribution in [2.24, 2.45) is 5.92 Å². The topological polar surface area (TPSA) is 143 Å². The number of methoxy groups -OCH3 is 1. The van der Waals surface area contributed by atoms with Crippen molar-refractivity contribution in [1.29, 1.82) is 0 Å². The van der Waals surface area contributed by atoms with Gasteiger partial charge >= 0.3 is 0 Å². The molecule has 0 unspecified atom stereocenters. The number of halogens is 1. The maximum absolute atomic E-state index is 13.7. The number of para-hydroxylation sites is 1. The van der Waals surface area contributed by atoms with Crippen molar-refractivity contribution >= 4 is 31.6 Å². The Hall–Kier alpha value is -3.72. The second-order valence-corrected chi connectivity index (χ2v) is 14.1. The number of nitrogens with one attached hydrogen (secondary N) is 1. The van der Waals surface area contributed by atoms with Crippen LogP contribution in [-0.2, 0) is 20.0 Å². The van der Waals surface area contributed by atoms with Crippen molar-refractivity contribution in [2.45, 2.75) is 35.8 Å². The van der Waals surface area contributed by atoms with Crippen LogP contribution >= 0.6 is 0 Å². The normalized spacial score (nSPS) is 18.3. The lowest BCUT2D eigenvalue weighted by molar-refractivity contribution is 0.0389. The van der Waals surface area contributed by atoms with Crippen LogP contribution in [0.4, 0.5) is 10.1 Å². The fourth-order valence-corrected chi connectivity index (χ4v) is 6.88. The number of rotatable bonds is 10. The summed E-state index contributed by atoms with van der Waals surface area (Å²) in [5.74, 6) is -1.17. The standard InChI is InChI=1S/C29H34FN3O8S2/c1-19-16-33(20(2)18-34)29(35)25-6-5-7-26(31-42(36,37)23-12-8-21(30)9-13-23)28(25)41-27(19)17-32(3)43(38,39)24-14-10-22(40-4)11-15-24/h5-15,19-20,27,31,34H,16-18H2,1-4H3/t19-,20-,27+/m1/s1. The highest BCUT2D eigenvalue weighted by Gasteiger charge is 2.36. The van der Waals surface area contributed by atoms with Crippen LogP contribution in [0.3, 0.4) is 0 Å². The summed E-state index contributed by atoms with van der Waals surface area (Å²) in [5, 5.41) is 9.90. The summed E-state index contributed by atoms with van der Waals surface area (Å²) in [4.78, 5) is 15.0. The molecule has 3 aromatic rings. The van der Waals surface area contributed by atoms with Crippen molar-refractivity contribution in [3.05, 3.63) is 78.1 Å². The van der Waals surface area contributed by atoms with Crippen molar-refractivity contribution in [2.75, 3.05) is 38.6 Å². The number of benzene rings is 3. The van der Waals surface area contributed by atoms with Crippen LogP contribution in [0.15, 0.2) is 76.5 Å². The Kier molecular flexibility index (Phi) is 9.64. The van der Waals surface area contributed by atoms with E-state index in [-0.39, 0.29) is 46.5 Å². The number of likely N-dealkylation sites (N-methyl/N-ethyl adjacent to an activating group) is 1. The van der Waals surface area contributed by atoms with E-state index in [4.69, 9.17) is 9.47 Å². The molecule has 0 bridgehead atoms. The van der Waals surface area contributed by atoms with Gasteiger partial charge in [-0.05, 0) is 67.6 Å². The molecule has 232 valence electrons. The Morgan fingerprint density at radius 1 is 1.07 bits per heavy atom. The van der Waals surface area contributed by atoms with Gasteiger partial charge < -0.3 is 19.5 Å². The largest absolute Gasteiger partial charge is 0.497 e. The minimum absolute atomic E-state index is 0.0252. The maximum Gasteiger partial charge on any atom is 0.262 e. The third-order valence-electron chi connectivity index (χ3n) is 7.26. The molecule has 3 atom stereocenters. The summed E-state index contributed by atoms with van der Waals surface area (Å²) in [6, 6.07) is 13.9. The number of aliphatic hydroxyl groups excluding tert-OH is 1. The number of nitrogens with zero attached hydrogens (tertiary/aromatic N) is 2. The summed E-state index contributed by atoms with van der Waals surface area (Å²) in [7, 11) is -5.33. The SMILES string of the molecule is COc1ccc(S(=O)(=O)N(C)C[C@@H]2Oc3c(NS(=O)(=O)c4ccc(F)cc4)cccc3C(=O)N([C@H](C)CO)C[C@H]2C)cc1. The zero-order valence-corrected chi connectivity index (χ0v) is 25.7. The number of aliphatic hydroxyl groups is 1. The summed E-state index contributed by atoms with van der Waals surface area (Å²) in [6.07, 6.45) is -0.852. The van der Waals surface area contributed by atoms with Crippen molar-refractivity contribution in [3.8, 4) is 11.5 Å². The van der Waals surface area contributed by atoms with Crippen molar-refractivity contribution < 1.29 is 40.6 Å². The number of carbonyl (C=O) groups excluding carboxylic acids is 1. The highest BCUT2D eigenvalue weighted by atomic mass is 32.2. The van der Waals surface area contributed by atoms with Crippen LogP contribution in [0.1, 0.15) is 24.2 Å². The first-order valence-corrected chi connectivity index (χ1v) is 16.3. The minimum atomic E-state index is -4.23. The van der Waals surface area contributed by atoms with Crippen LogP contribution in [0, 0.1) is 11.7 Å². The number of carbonyl (C=O) groups is 1. The number of fused-ring (bicyclic) bond motifs is 1. The van der Waals surface area contributed by atoms with Crippen LogP contribution in [0.2, 0.25) is 0 Å². The first-order chi connectivity index (χ1) is 20.3. The highest BCUT2D eigenvalue weighted by Crippen LogP contribution is 2.36. The molecule has 0 aromatic heterocycles. The summed E-state index contributed by atoms with van der Waals surface area (Å²) in [6.45, 7) is 3.10. The van der Waals surface area contributed by atoms with E-state index in [1.807, 2.05) is 0 Å². The van der Waals surface area contributed by atoms with Gasteiger partial charge in [-0.3, -0.25) is 9.52 Å². The zero-order chi connectivity index (χ0) is 31.5. The second-order valence-electron chi connectivity index (χ2n) is 10.3. The van der Waals surface area contributed by atoms with E-state index < -0.39 is 49.8 Å². The number of anilines is 1. The molecular weight excluding hydrogens is 601 g/mol. The van der Waals surface area contributed by atoms with Gasteiger partial charge in [0.25, 0.3) is 15.9 Å². The number of ether oxygens (including phenoxy) is 2. The lowest BCUT2D eigenvalue weighted by Crippen LogP contribution is -2.50. The maximum atomic E-state index is 13.7. The molecular formula is C29H34FN3O8S2. The first-order valence-electron chi connectivity index (χ1n) is 13.4. The van der Waals surface area contributed by atoms with E-state index >= 15 is 0 Å². The van der Waals surface area contributed by atoms with Gasteiger partial charge in [0.05, 0.1) is 47.3 Å². The Balaban J connectivity index is 1.74. The molecule has 0 saturated carbocycles. The summed E-state index contributed by atoms with van der Waals surface area (Å²) < 4.78 is 81.7. The minimum Gasteiger partial charge on any atom is -0.497 e. The van der Waals surface area contributed by atoms with Gasteiger partial charge in [0, 0.05) is 19.5 Å². The third-order valence-corrected chi connectivity index (χ3v) is 10.5. The molecule has 43 heavy (non-hydrogen) atoms. The molecule has 11 nitrogen and oxygen atoms in total. The molecule has 3 aromatic carbocycles. The number of sulfonamides is 2. The van der Waals surface area contributed by atoms with Crippen LogP contribution in [0.25, 0.3) is 0 Å². The summed E-state index contributed by atoms with van der Waals surface area (Å²) in [5.41, 5.74) is -0.0382. The van der Waals surface area contributed by atoms with E-state index in [1.54, 1.807) is 13.8 Å². The van der Waals surface area contributed by atoms with Crippen LogP contribution in [-0.4, -0.2) is 83.1 Å². The Labute approximate surface area is 250 Å². The van der Waals surface area contributed by atoms with E-state index in [9.17, 15) is 31.1 Å². The smallest absolute Gasteiger partial charge is 0.262 e. The van der Waals surface area contributed by atoms with Crippen molar-refractivity contribution in [1.82, 2.24) is 9.21 Å². The Morgan fingerprint density at radius 2 is 1.70 bits per heavy atom. The van der Waals surface area contributed by atoms with Gasteiger partial charge in [0.2, 0.25) is 10.0 Å². The monoisotopic (exact) mass is 635 g/mol. The molecule has 1 heterocycles. The molecule has 1 aliphatic heterocycles. The highest BCUT2D eigenvalue weighted by molar-refractivity contribution is 7.92. The van der Waals surface area contributed by atoms with Gasteiger partial charge in [0.15, 0.2) is 5.75 Å². The van der Waals surface area contributed by atoms with Gasteiger partial charge in [0.1, 0.15) is 17.7 Å². The molecule has 0 spiro atoms. The van der Waals surface area contributed by atoms with Gasteiger partial charge in [-0.2, -0.15) is 4.31 Å². The van der Waals surface area contributed by atoms with E-state index in [1.165, 1.54) is 61.5 Å². The molecule has 4 rings (SSSR count). The predicted octanol–water partition coefficient (Wildman–Crippen LogP) is 3.18. The average Bonchev–Trinajstić information content (AvgIpc) is 2.98. The third kappa shape index (κ3) is 6.93. The van der Waals surface area contributed by atoms with E-state index in [2.05, 4.69) is 4.72 Å². The quantitative estimate of drug-likeness (QED) is 0.346. The predicted molar refractivity (Wildman–Crippen MR) is 158 cm³/mol. The first kappa shape index (κ1) is 32.2. The lowest BCUT2D eigenvalue weighted by atomic mass is 9.99. The van der Waals surface area contributed by atoms with Gasteiger partial charge in [-0.1, -0.05) is 13.0 Å². The average molecular weight is 636 g/mol. The second kappa shape index (κ2) is 12.9. The molecule has 1 aliphatic rings. The molecule has 0 saturated heterocycles. The fourth-order valence-electron chi connectivity index (χ4n) is 4.64. The van der Waals surface area contributed by atoms with Gasteiger partial charge in [-0.25, -0.2) is 21.2 Å². The van der Waals surface area contributed by atoms with E-state index in [0.717, 1.165) is 28.6 Å². The van der Waals surface area contributed by atoms with E-state index in [0.29, 0.717) is 5.75 Å². The summed E-state index contributed by atoms with van der Waals surface area (Å²) >= 11 is 0. The molecule has 0 fully saturated rings. The molecule has 14 heteroatoms. The lowest BCUT2D eigenvalue weighted by Gasteiger charge is -2.38. The fraction of sp³-hybridized carbons (Fsp3) is 0.345. The Morgan fingerprint density at radius 3 is 2.30 bits per heavy atom. The number of amides is 1. The van der Waals surface area contributed by atoms with Gasteiger partial charge in [-0.15, -0.1) is 0 Å². The van der Waals surface area contributed by atoms with Crippen molar-refractivity contribution in [3.63, 3.8) is 0 Å². The molecule has 0 aliphatic carbocycles. The molecule has 2 N–H and O–H groups in total. The molecule has 0 radical (unpaired) electrons. The zero-order valence-electron chi connectivity index (χ0n) is 24.1. The number of hydrogen-bond acceptors (Lipinski definition) is 8. The Bertz CT molecular complexity index is 1670. The molecule has 1 amide bonds. The number of hydrogen-bond donors (Lipinski definition) is 2. The van der Waals surface area contributed by atoms with Crippen LogP contribution < -0.4 is 14.2 Å².